The fourth-order valence-electron chi connectivity index (χ4n) is 2.98. The predicted molar refractivity (Wildman–Crippen MR) is 117 cm³/mol. The van der Waals surface area contributed by atoms with Crippen LogP contribution < -0.4 is 20.1 Å². The van der Waals surface area contributed by atoms with E-state index in [0.29, 0.717) is 27.4 Å². The summed E-state index contributed by atoms with van der Waals surface area (Å²) in [6, 6.07) is 5.39. The number of amides is 2. The Morgan fingerprint density at radius 2 is 2.00 bits per heavy atom. The third kappa shape index (κ3) is 4.88. The molecule has 2 N–H and O–H groups in total. The second kappa shape index (κ2) is 9.67. The molecule has 1 aliphatic carbocycles. The lowest BCUT2D eigenvalue weighted by atomic mass is 10.1. The lowest BCUT2D eigenvalue weighted by Crippen LogP contribution is -2.29. The SMILES string of the molecule is COCC1(C(=O)Nc2sc(SC)nc2C(=O)NCc2ccc(OC)cc2OC)CC1. The summed E-state index contributed by atoms with van der Waals surface area (Å²) in [6.45, 7) is 0.616. The number of thioether (sulfide) groups is 1. The molecular formula is C20H25N3O5S2. The monoisotopic (exact) mass is 451 g/mol. The van der Waals surface area contributed by atoms with E-state index < -0.39 is 5.41 Å². The van der Waals surface area contributed by atoms with Gasteiger partial charge < -0.3 is 24.8 Å². The predicted octanol–water partition coefficient (Wildman–Crippen LogP) is 3.18. The highest BCUT2D eigenvalue weighted by atomic mass is 32.2. The lowest BCUT2D eigenvalue weighted by molar-refractivity contribution is -0.122. The Bertz CT molecular complexity index is 927. The quantitative estimate of drug-likeness (QED) is 0.535. The number of hydrogen-bond acceptors (Lipinski definition) is 8. The molecule has 0 aliphatic heterocycles. The summed E-state index contributed by atoms with van der Waals surface area (Å²) in [6.07, 6.45) is 3.43. The van der Waals surface area contributed by atoms with Crippen molar-refractivity contribution in [3.8, 4) is 11.5 Å². The summed E-state index contributed by atoms with van der Waals surface area (Å²) in [5, 5.41) is 6.20. The first-order valence-corrected chi connectivity index (χ1v) is 11.3. The molecule has 1 aromatic carbocycles. The van der Waals surface area contributed by atoms with Crippen LogP contribution in [0.4, 0.5) is 5.00 Å². The lowest BCUT2D eigenvalue weighted by Gasteiger charge is -2.14. The molecule has 30 heavy (non-hydrogen) atoms. The van der Waals surface area contributed by atoms with Crippen LogP contribution in [-0.2, 0) is 16.1 Å². The standard InChI is InChI=1S/C20H25N3O5S2/c1-26-11-20(7-8-20)18(25)23-17-15(22-19(29-4)30-17)16(24)21-10-12-5-6-13(27-2)9-14(12)28-3/h5-6,9H,7-8,10-11H2,1-4H3,(H,21,24)(H,23,25). The Hall–Kier alpha value is -2.30. The largest absolute Gasteiger partial charge is 0.497 e. The Morgan fingerprint density at radius 3 is 2.60 bits per heavy atom. The summed E-state index contributed by atoms with van der Waals surface area (Å²) in [5.74, 6) is 0.783. The van der Waals surface area contributed by atoms with E-state index in [9.17, 15) is 9.59 Å². The molecule has 3 rings (SSSR count). The molecular weight excluding hydrogens is 426 g/mol. The van der Waals surface area contributed by atoms with Crippen molar-refractivity contribution in [3.63, 3.8) is 0 Å². The number of carbonyl (C=O) groups is 2. The van der Waals surface area contributed by atoms with Gasteiger partial charge in [-0.3, -0.25) is 9.59 Å². The number of ether oxygens (including phenoxy) is 3. The molecule has 0 bridgehead atoms. The van der Waals surface area contributed by atoms with E-state index in [2.05, 4.69) is 15.6 Å². The zero-order valence-corrected chi connectivity index (χ0v) is 19.0. The van der Waals surface area contributed by atoms with Gasteiger partial charge in [-0.2, -0.15) is 0 Å². The highest BCUT2D eigenvalue weighted by Crippen LogP contribution is 2.47. The first-order valence-electron chi connectivity index (χ1n) is 9.30. The van der Waals surface area contributed by atoms with Crippen molar-refractivity contribution in [2.45, 2.75) is 23.7 Å². The van der Waals surface area contributed by atoms with Crippen LogP contribution in [0.25, 0.3) is 0 Å². The van der Waals surface area contributed by atoms with Crippen LogP contribution in [0.15, 0.2) is 22.5 Å². The smallest absolute Gasteiger partial charge is 0.273 e. The summed E-state index contributed by atoms with van der Waals surface area (Å²) >= 11 is 2.71. The second-order valence-electron chi connectivity index (χ2n) is 6.89. The van der Waals surface area contributed by atoms with Crippen LogP contribution in [0.1, 0.15) is 28.9 Å². The minimum absolute atomic E-state index is 0.133. The molecule has 10 heteroatoms. The average Bonchev–Trinajstić information content (AvgIpc) is 3.44. The van der Waals surface area contributed by atoms with Crippen LogP contribution in [0, 0.1) is 5.41 Å². The van der Waals surface area contributed by atoms with Crippen molar-refractivity contribution in [1.29, 1.82) is 0 Å². The topological polar surface area (TPSA) is 98.8 Å². The third-order valence-electron chi connectivity index (χ3n) is 4.91. The van der Waals surface area contributed by atoms with Gasteiger partial charge in [0.25, 0.3) is 5.91 Å². The van der Waals surface area contributed by atoms with Crippen molar-refractivity contribution in [2.75, 3.05) is 39.5 Å². The van der Waals surface area contributed by atoms with Gasteiger partial charge in [-0.1, -0.05) is 23.1 Å². The van der Waals surface area contributed by atoms with Gasteiger partial charge in [-0.25, -0.2) is 4.98 Å². The Labute approximate surface area is 183 Å². The highest BCUT2D eigenvalue weighted by Gasteiger charge is 2.50. The minimum Gasteiger partial charge on any atom is -0.497 e. The first kappa shape index (κ1) is 22.4. The van der Waals surface area contributed by atoms with Crippen molar-refractivity contribution in [2.24, 2.45) is 5.41 Å². The number of methoxy groups -OCH3 is 3. The molecule has 1 fully saturated rings. The molecule has 1 aromatic heterocycles. The van der Waals surface area contributed by atoms with Crippen molar-refractivity contribution < 1.29 is 23.8 Å². The molecule has 8 nitrogen and oxygen atoms in total. The normalized spacial score (nSPS) is 14.1. The highest BCUT2D eigenvalue weighted by molar-refractivity contribution is 8.00. The third-order valence-corrected chi connectivity index (χ3v) is 6.87. The van der Waals surface area contributed by atoms with E-state index in [1.165, 1.54) is 23.1 Å². The summed E-state index contributed by atoms with van der Waals surface area (Å²) in [7, 11) is 4.72. The maximum Gasteiger partial charge on any atom is 0.273 e. The molecule has 0 radical (unpaired) electrons. The van der Waals surface area contributed by atoms with E-state index in [0.717, 1.165) is 18.4 Å². The number of nitrogens with one attached hydrogen (secondary N) is 2. The fourth-order valence-corrected chi connectivity index (χ4v) is 4.44. The maximum absolute atomic E-state index is 12.8. The number of carbonyl (C=O) groups excluding carboxylic acids is 2. The number of hydrogen-bond donors (Lipinski definition) is 2. The Kier molecular flexibility index (Phi) is 7.22. The molecule has 162 valence electrons. The molecule has 0 spiro atoms. The Balaban J connectivity index is 1.73. The van der Waals surface area contributed by atoms with Gasteiger partial charge in [-0.15, -0.1) is 0 Å². The van der Waals surface area contributed by atoms with Gasteiger partial charge in [0, 0.05) is 25.3 Å². The van der Waals surface area contributed by atoms with Crippen LogP contribution in [0.5, 0.6) is 11.5 Å². The average molecular weight is 452 g/mol. The Morgan fingerprint density at radius 1 is 1.23 bits per heavy atom. The van der Waals surface area contributed by atoms with E-state index >= 15 is 0 Å². The van der Waals surface area contributed by atoms with Crippen LogP contribution >= 0.6 is 23.1 Å². The van der Waals surface area contributed by atoms with Crippen molar-refractivity contribution >= 4 is 39.9 Å². The second-order valence-corrected chi connectivity index (χ2v) is 8.94. The van der Waals surface area contributed by atoms with E-state index in [4.69, 9.17) is 14.2 Å². The van der Waals surface area contributed by atoms with Crippen molar-refractivity contribution in [3.05, 3.63) is 29.5 Å². The zero-order valence-electron chi connectivity index (χ0n) is 17.4. The maximum atomic E-state index is 12.8. The van der Waals surface area contributed by atoms with E-state index in [1.807, 2.05) is 12.3 Å². The minimum atomic E-state index is -0.498. The number of nitrogens with zero attached hydrogens (tertiary/aromatic N) is 1. The first-order chi connectivity index (χ1) is 14.5. The van der Waals surface area contributed by atoms with Gasteiger partial charge >= 0.3 is 0 Å². The van der Waals surface area contributed by atoms with Crippen LogP contribution in [0.3, 0.4) is 0 Å². The molecule has 0 unspecified atom stereocenters. The zero-order chi connectivity index (χ0) is 21.7. The van der Waals surface area contributed by atoms with Gasteiger partial charge in [0.15, 0.2) is 10.0 Å². The van der Waals surface area contributed by atoms with Gasteiger partial charge in [-0.05, 0) is 31.2 Å². The van der Waals surface area contributed by atoms with Gasteiger partial charge in [0.2, 0.25) is 5.91 Å². The van der Waals surface area contributed by atoms with Crippen molar-refractivity contribution in [1.82, 2.24) is 10.3 Å². The summed E-state index contributed by atoms with van der Waals surface area (Å²) in [4.78, 5) is 29.9. The van der Waals surface area contributed by atoms with Gasteiger partial charge in [0.1, 0.15) is 16.5 Å². The number of benzene rings is 1. The molecule has 1 heterocycles. The van der Waals surface area contributed by atoms with E-state index in [1.54, 1.807) is 33.5 Å². The molecule has 1 aliphatic rings. The fraction of sp³-hybridized carbons (Fsp3) is 0.450. The molecule has 2 aromatic rings. The van der Waals surface area contributed by atoms with Crippen LogP contribution in [-0.4, -0.2) is 51.0 Å². The molecule has 0 atom stereocenters. The summed E-state index contributed by atoms with van der Waals surface area (Å²) < 4.78 is 16.5. The van der Waals surface area contributed by atoms with Gasteiger partial charge in [0.05, 0.1) is 26.2 Å². The number of thiazole rings is 1. The molecule has 1 saturated carbocycles. The number of aromatic nitrogens is 1. The van der Waals surface area contributed by atoms with Crippen LogP contribution in [0.2, 0.25) is 0 Å². The number of rotatable bonds is 10. The summed E-state index contributed by atoms with van der Waals surface area (Å²) in [5.41, 5.74) is 0.510. The number of anilines is 1. The van der Waals surface area contributed by atoms with E-state index in [-0.39, 0.29) is 24.1 Å². The molecule has 2 amide bonds. The molecule has 0 saturated heterocycles.